The number of thiophene rings is 1. The molecule has 9 heteroatoms. The van der Waals surface area contributed by atoms with Crippen LogP contribution in [0.3, 0.4) is 0 Å². The van der Waals surface area contributed by atoms with Crippen LogP contribution >= 0.6 is 11.3 Å². The van der Waals surface area contributed by atoms with Gasteiger partial charge in [-0.25, -0.2) is 23.3 Å². The van der Waals surface area contributed by atoms with E-state index in [0.29, 0.717) is 10.7 Å². The van der Waals surface area contributed by atoms with Gasteiger partial charge < -0.3 is 10.4 Å². The minimum atomic E-state index is -1.74. The summed E-state index contributed by atoms with van der Waals surface area (Å²) in [7, 11) is 0. The predicted molar refractivity (Wildman–Crippen MR) is 103 cm³/mol. The number of aryl methyl sites for hydroxylation is 1. The zero-order valence-corrected chi connectivity index (χ0v) is 16.0. The summed E-state index contributed by atoms with van der Waals surface area (Å²) in [5.74, 6) is -1.58. The van der Waals surface area contributed by atoms with Crippen LogP contribution in [0, 0.1) is 18.2 Å². The maximum atomic E-state index is 14.4. The van der Waals surface area contributed by atoms with Gasteiger partial charge in [0.2, 0.25) is 5.69 Å². The molecule has 6 nitrogen and oxygen atoms in total. The van der Waals surface area contributed by atoms with Crippen molar-refractivity contribution in [2.24, 2.45) is 0 Å². The van der Waals surface area contributed by atoms with Gasteiger partial charge in [0.25, 0.3) is 0 Å². The first-order chi connectivity index (χ1) is 13.4. The van der Waals surface area contributed by atoms with Crippen LogP contribution in [0.2, 0.25) is 0 Å². The fourth-order valence-electron chi connectivity index (χ4n) is 2.92. The molecule has 2 aromatic heterocycles. The molecule has 2 heterocycles. The Morgan fingerprint density at radius 2 is 2.18 bits per heavy atom. The van der Waals surface area contributed by atoms with Gasteiger partial charge in [0.05, 0.1) is 18.1 Å². The average molecular weight is 403 g/mol. The molecule has 0 saturated heterocycles. The number of hydrogen-bond acceptors (Lipinski definition) is 5. The van der Waals surface area contributed by atoms with Gasteiger partial charge in [-0.1, -0.05) is 19.4 Å². The fraction of sp³-hybridized carbons (Fsp3) is 0.316. The molecule has 0 fully saturated rings. The second kappa shape index (κ2) is 8.46. The summed E-state index contributed by atoms with van der Waals surface area (Å²) >= 11 is 1.43. The molecule has 0 aliphatic rings. The molecule has 0 spiro atoms. The monoisotopic (exact) mass is 403 g/mol. The molecular formula is C19H19F2N5OS. The number of benzene rings is 1. The summed E-state index contributed by atoms with van der Waals surface area (Å²) in [6, 6.07) is 4.87. The smallest absolute Gasteiger partial charge is 0.220 e. The standard InChI is InChI=1S/C19H19F2N5OS/c1-3-4-14-8-17(22-2)18(28-14)24-9-19(27,10-26-12-23-11-25-26)15-6-5-13(20)7-16(15)21/h5-8,11-12,24,27H,3-4,9-10H2,1H3/t19-/m0/s1. The summed E-state index contributed by atoms with van der Waals surface area (Å²) < 4.78 is 29.1. The fourth-order valence-corrected chi connectivity index (χ4v) is 4.01. The first-order valence-corrected chi connectivity index (χ1v) is 9.51. The van der Waals surface area contributed by atoms with E-state index in [1.165, 1.54) is 34.7 Å². The molecule has 3 aromatic rings. The van der Waals surface area contributed by atoms with Crippen molar-refractivity contribution in [2.75, 3.05) is 11.9 Å². The van der Waals surface area contributed by atoms with Gasteiger partial charge in [0.1, 0.15) is 29.9 Å². The van der Waals surface area contributed by atoms with E-state index < -0.39 is 17.2 Å². The van der Waals surface area contributed by atoms with E-state index in [9.17, 15) is 13.9 Å². The summed E-state index contributed by atoms with van der Waals surface area (Å²) in [4.78, 5) is 8.41. The van der Waals surface area contributed by atoms with Gasteiger partial charge in [0, 0.05) is 18.2 Å². The quantitative estimate of drug-likeness (QED) is 0.555. The van der Waals surface area contributed by atoms with E-state index in [2.05, 4.69) is 27.2 Å². The van der Waals surface area contributed by atoms with Crippen LogP contribution in [-0.2, 0) is 18.6 Å². The van der Waals surface area contributed by atoms with Crippen LogP contribution in [0.15, 0.2) is 36.9 Å². The van der Waals surface area contributed by atoms with E-state index in [4.69, 9.17) is 6.57 Å². The van der Waals surface area contributed by atoms with E-state index in [1.807, 2.05) is 6.07 Å². The van der Waals surface area contributed by atoms with Crippen LogP contribution in [0.1, 0.15) is 23.8 Å². The maximum Gasteiger partial charge on any atom is 0.220 e. The van der Waals surface area contributed by atoms with Crippen molar-refractivity contribution in [1.29, 1.82) is 0 Å². The first-order valence-electron chi connectivity index (χ1n) is 8.69. The lowest BCUT2D eigenvalue weighted by Gasteiger charge is -2.29. The van der Waals surface area contributed by atoms with Gasteiger partial charge >= 0.3 is 0 Å². The molecule has 1 aromatic carbocycles. The molecular weight excluding hydrogens is 384 g/mol. The van der Waals surface area contributed by atoms with Crippen LogP contribution in [0.5, 0.6) is 0 Å². The highest BCUT2D eigenvalue weighted by molar-refractivity contribution is 7.16. The van der Waals surface area contributed by atoms with Crippen molar-refractivity contribution in [1.82, 2.24) is 14.8 Å². The molecule has 2 N–H and O–H groups in total. The van der Waals surface area contributed by atoms with Crippen molar-refractivity contribution in [3.8, 4) is 0 Å². The molecule has 28 heavy (non-hydrogen) atoms. The summed E-state index contributed by atoms with van der Waals surface area (Å²) in [5, 5.41) is 18.9. The van der Waals surface area contributed by atoms with E-state index in [0.717, 1.165) is 29.9 Å². The second-order valence-electron chi connectivity index (χ2n) is 6.39. The third-order valence-electron chi connectivity index (χ3n) is 4.24. The van der Waals surface area contributed by atoms with Crippen molar-refractivity contribution in [3.63, 3.8) is 0 Å². The third kappa shape index (κ3) is 4.35. The minimum absolute atomic E-state index is 0.0633. The summed E-state index contributed by atoms with van der Waals surface area (Å²) in [5.41, 5.74) is -1.34. The largest absolute Gasteiger partial charge is 0.382 e. The Balaban J connectivity index is 1.91. The Hall–Kier alpha value is -2.83. The van der Waals surface area contributed by atoms with Crippen LogP contribution in [-0.4, -0.2) is 26.4 Å². The van der Waals surface area contributed by atoms with Crippen molar-refractivity contribution in [2.45, 2.75) is 31.9 Å². The lowest BCUT2D eigenvalue weighted by molar-refractivity contribution is 0.0248. The van der Waals surface area contributed by atoms with Gasteiger partial charge in [-0.3, -0.25) is 0 Å². The molecule has 1 atom stereocenters. The zero-order chi connectivity index (χ0) is 20.1. The van der Waals surface area contributed by atoms with E-state index in [-0.39, 0.29) is 18.7 Å². The van der Waals surface area contributed by atoms with Crippen molar-refractivity contribution >= 4 is 22.0 Å². The third-order valence-corrected chi connectivity index (χ3v) is 5.39. The molecule has 0 saturated carbocycles. The van der Waals surface area contributed by atoms with Crippen LogP contribution < -0.4 is 5.32 Å². The number of rotatable bonds is 8. The molecule has 146 valence electrons. The number of nitrogens with zero attached hydrogens (tertiary/aromatic N) is 4. The van der Waals surface area contributed by atoms with E-state index in [1.54, 1.807) is 0 Å². The number of anilines is 1. The minimum Gasteiger partial charge on any atom is -0.382 e. The normalized spacial score (nSPS) is 13.1. The lowest BCUT2D eigenvalue weighted by atomic mass is 9.93. The predicted octanol–water partition coefficient (Wildman–Crippen LogP) is 4.12. The number of hydrogen-bond donors (Lipinski definition) is 2. The average Bonchev–Trinajstić information content (AvgIpc) is 3.29. The highest BCUT2D eigenvalue weighted by Crippen LogP contribution is 2.37. The molecule has 3 rings (SSSR count). The Bertz CT molecular complexity index is 983. The topological polar surface area (TPSA) is 67.3 Å². The summed E-state index contributed by atoms with van der Waals surface area (Å²) in [6.07, 6.45) is 4.52. The number of aliphatic hydroxyl groups is 1. The molecule has 0 aliphatic carbocycles. The highest BCUT2D eigenvalue weighted by Gasteiger charge is 2.34. The molecule has 0 bridgehead atoms. The number of aromatic nitrogens is 3. The van der Waals surface area contributed by atoms with Crippen molar-refractivity contribution in [3.05, 3.63) is 70.4 Å². The molecule has 0 amide bonds. The molecule has 0 unspecified atom stereocenters. The van der Waals surface area contributed by atoms with E-state index >= 15 is 0 Å². The number of halogens is 2. The SMILES string of the molecule is [C-]#[N+]c1cc(CCC)sc1NC[C@](O)(Cn1cncn1)c1ccc(F)cc1F. The Morgan fingerprint density at radius 3 is 2.82 bits per heavy atom. The Kier molecular flexibility index (Phi) is 6.02. The zero-order valence-electron chi connectivity index (χ0n) is 15.2. The Labute approximate surface area is 165 Å². The van der Waals surface area contributed by atoms with Gasteiger partial charge in [0.15, 0.2) is 0 Å². The van der Waals surface area contributed by atoms with Crippen molar-refractivity contribution < 1.29 is 13.9 Å². The van der Waals surface area contributed by atoms with Gasteiger partial charge in [-0.05, 0) is 23.4 Å². The first kappa shape index (κ1) is 19.9. The van der Waals surface area contributed by atoms with Gasteiger partial charge in [-0.15, -0.1) is 11.3 Å². The summed E-state index contributed by atoms with van der Waals surface area (Å²) in [6.45, 7) is 9.22. The number of nitrogens with one attached hydrogen (secondary N) is 1. The molecule has 0 radical (unpaired) electrons. The lowest BCUT2D eigenvalue weighted by Crippen LogP contribution is -2.39. The Morgan fingerprint density at radius 1 is 1.36 bits per heavy atom. The highest BCUT2D eigenvalue weighted by atomic mass is 32.1. The molecule has 0 aliphatic heterocycles. The maximum absolute atomic E-state index is 14.4. The van der Waals surface area contributed by atoms with Crippen LogP contribution in [0.4, 0.5) is 19.5 Å². The van der Waals surface area contributed by atoms with Gasteiger partial charge in [-0.2, -0.15) is 5.10 Å². The second-order valence-corrected chi connectivity index (χ2v) is 7.53. The van der Waals surface area contributed by atoms with Crippen LogP contribution in [0.25, 0.3) is 4.85 Å².